The molecule has 0 amide bonds. The maximum absolute atomic E-state index is 5.94. The average molecular weight is 240 g/mol. The van der Waals surface area contributed by atoms with Crippen molar-refractivity contribution in [2.45, 2.75) is 32.6 Å². The molecule has 0 atom stereocenters. The van der Waals surface area contributed by atoms with E-state index >= 15 is 0 Å². The Morgan fingerprint density at radius 1 is 1.11 bits per heavy atom. The zero-order chi connectivity index (χ0) is 13.2. The monoisotopic (exact) mass is 240 g/mol. The van der Waals surface area contributed by atoms with E-state index in [-0.39, 0.29) is 5.41 Å². The van der Waals surface area contributed by atoms with Gasteiger partial charge in [0.15, 0.2) is 0 Å². The van der Waals surface area contributed by atoms with Crippen LogP contribution in [0, 0.1) is 0 Å². The van der Waals surface area contributed by atoms with Crippen LogP contribution >= 0.6 is 0 Å². The van der Waals surface area contributed by atoms with Crippen LogP contribution in [0.5, 0.6) is 0 Å². The first kappa shape index (κ1) is 12.6. The van der Waals surface area contributed by atoms with Crippen LogP contribution in [0.25, 0.3) is 11.3 Å². The lowest BCUT2D eigenvalue weighted by atomic mass is 9.82. The lowest BCUT2D eigenvalue weighted by Crippen LogP contribution is -2.15. The fourth-order valence-corrected chi connectivity index (χ4v) is 1.94. The van der Waals surface area contributed by atoms with Gasteiger partial charge in [-0.3, -0.25) is 4.98 Å². The molecule has 0 fully saturated rings. The van der Waals surface area contributed by atoms with Gasteiger partial charge in [0.2, 0.25) is 0 Å². The van der Waals surface area contributed by atoms with Gasteiger partial charge in [-0.15, -0.1) is 0 Å². The summed E-state index contributed by atoms with van der Waals surface area (Å²) in [5, 5.41) is 0. The van der Waals surface area contributed by atoms with Crippen molar-refractivity contribution in [2.24, 2.45) is 0 Å². The third kappa shape index (κ3) is 2.37. The van der Waals surface area contributed by atoms with Crippen molar-refractivity contribution in [1.29, 1.82) is 0 Å². The zero-order valence-corrected chi connectivity index (χ0v) is 11.3. The van der Waals surface area contributed by atoms with Crippen LogP contribution in [-0.2, 0) is 5.41 Å². The third-order valence-corrected chi connectivity index (χ3v) is 3.66. The predicted molar refractivity (Wildman–Crippen MR) is 77.4 cm³/mol. The fourth-order valence-electron chi connectivity index (χ4n) is 1.94. The molecule has 2 nitrogen and oxygen atoms in total. The lowest BCUT2D eigenvalue weighted by Gasteiger charge is -2.23. The maximum atomic E-state index is 5.94. The molecule has 2 aromatic rings. The molecule has 0 spiro atoms. The largest absolute Gasteiger partial charge is 0.397 e. The molecule has 0 bridgehead atoms. The summed E-state index contributed by atoms with van der Waals surface area (Å²) in [6.45, 7) is 6.74. The first-order chi connectivity index (χ1) is 8.54. The van der Waals surface area contributed by atoms with E-state index in [9.17, 15) is 0 Å². The molecule has 0 saturated carbocycles. The van der Waals surface area contributed by atoms with E-state index in [1.807, 2.05) is 12.1 Å². The van der Waals surface area contributed by atoms with Crippen LogP contribution in [0.1, 0.15) is 32.8 Å². The molecule has 1 heterocycles. The quantitative estimate of drug-likeness (QED) is 0.880. The fraction of sp³-hybridized carbons (Fsp3) is 0.312. The summed E-state index contributed by atoms with van der Waals surface area (Å²) in [7, 11) is 0. The summed E-state index contributed by atoms with van der Waals surface area (Å²) in [4.78, 5) is 4.34. The summed E-state index contributed by atoms with van der Waals surface area (Å²) >= 11 is 0. The van der Waals surface area contributed by atoms with E-state index in [2.05, 4.69) is 50.0 Å². The van der Waals surface area contributed by atoms with E-state index in [1.165, 1.54) is 5.56 Å². The predicted octanol–water partition coefficient (Wildman–Crippen LogP) is 4.02. The molecule has 94 valence electrons. The molecule has 0 unspecified atom stereocenters. The number of benzene rings is 1. The van der Waals surface area contributed by atoms with E-state index in [1.54, 1.807) is 6.20 Å². The van der Waals surface area contributed by atoms with Crippen molar-refractivity contribution >= 4 is 5.69 Å². The number of pyridine rings is 1. The minimum absolute atomic E-state index is 0.216. The summed E-state index contributed by atoms with van der Waals surface area (Å²) < 4.78 is 0. The Hall–Kier alpha value is -1.83. The van der Waals surface area contributed by atoms with Gasteiger partial charge in [0.05, 0.1) is 11.4 Å². The Bertz CT molecular complexity index is 527. The highest BCUT2D eigenvalue weighted by molar-refractivity contribution is 5.72. The molecular weight excluding hydrogens is 220 g/mol. The van der Waals surface area contributed by atoms with Crippen molar-refractivity contribution in [3.8, 4) is 11.3 Å². The van der Waals surface area contributed by atoms with Gasteiger partial charge >= 0.3 is 0 Å². The van der Waals surface area contributed by atoms with E-state index < -0.39 is 0 Å². The number of rotatable bonds is 3. The van der Waals surface area contributed by atoms with Gasteiger partial charge in [-0.2, -0.15) is 0 Å². The normalized spacial score (nSPS) is 11.5. The van der Waals surface area contributed by atoms with Gasteiger partial charge in [-0.1, -0.05) is 45.0 Å². The van der Waals surface area contributed by atoms with Crippen LogP contribution in [0.3, 0.4) is 0 Å². The minimum Gasteiger partial charge on any atom is -0.397 e. The number of nitrogen functional groups attached to an aromatic ring is 1. The molecule has 0 aliphatic carbocycles. The standard InChI is InChI=1S/C16H20N2/c1-4-16(2,3)13-9-7-12(8-10-13)15-14(17)6-5-11-18-15/h5-11H,4,17H2,1-3H3. The second-order valence-corrected chi connectivity index (χ2v) is 5.26. The number of anilines is 1. The summed E-state index contributed by atoms with van der Waals surface area (Å²) in [6.07, 6.45) is 2.90. The molecule has 1 aromatic carbocycles. The van der Waals surface area contributed by atoms with Gasteiger partial charge in [-0.25, -0.2) is 0 Å². The Morgan fingerprint density at radius 3 is 2.33 bits per heavy atom. The SMILES string of the molecule is CCC(C)(C)c1ccc(-c2ncccc2N)cc1. The van der Waals surface area contributed by atoms with E-state index in [0.717, 1.165) is 23.4 Å². The highest BCUT2D eigenvalue weighted by Gasteiger charge is 2.17. The van der Waals surface area contributed by atoms with Crippen molar-refractivity contribution in [3.63, 3.8) is 0 Å². The minimum atomic E-state index is 0.216. The van der Waals surface area contributed by atoms with Gasteiger partial charge in [0.1, 0.15) is 0 Å². The lowest BCUT2D eigenvalue weighted by molar-refractivity contribution is 0.506. The van der Waals surface area contributed by atoms with Crippen LogP contribution in [0.2, 0.25) is 0 Å². The van der Waals surface area contributed by atoms with Crippen molar-refractivity contribution in [2.75, 3.05) is 5.73 Å². The molecule has 2 N–H and O–H groups in total. The van der Waals surface area contributed by atoms with Gasteiger partial charge < -0.3 is 5.73 Å². The van der Waals surface area contributed by atoms with E-state index in [4.69, 9.17) is 5.73 Å². The molecule has 0 saturated heterocycles. The molecule has 2 heteroatoms. The summed E-state index contributed by atoms with van der Waals surface area (Å²) in [6, 6.07) is 12.3. The molecule has 0 radical (unpaired) electrons. The molecule has 2 rings (SSSR count). The molecule has 18 heavy (non-hydrogen) atoms. The van der Waals surface area contributed by atoms with Gasteiger partial charge in [-0.05, 0) is 29.5 Å². The number of nitrogens with two attached hydrogens (primary N) is 1. The second kappa shape index (κ2) is 4.81. The average Bonchev–Trinajstić information content (AvgIpc) is 2.39. The Labute approximate surface area is 109 Å². The molecular formula is C16H20N2. The molecule has 1 aromatic heterocycles. The Kier molecular flexibility index (Phi) is 3.37. The first-order valence-corrected chi connectivity index (χ1v) is 6.36. The number of hydrogen-bond donors (Lipinski definition) is 1. The molecule has 0 aliphatic rings. The van der Waals surface area contributed by atoms with Crippen LogP contribution in [0.15, 0.2) is 42.6 Å². The van der Waals surface area contributed by atoms with Crippen molar-refractivity contribution < 1.29 is 0 Å². The number of aromatic nitrogens is 1. The summed E-state index contributed by atoms with van der Waals surface area (Å²) in [5.41, 5.74) is 10.2. The Balaban J connectivity index is 2.37. The number of nitrogens with zero attached hydrogens (tertiary/aromatic N) is 1. The molecule has 0 aliphatic heterocycles. The third-order valence-electron chi connectivity index (χ3n) is 3.66. The van der Waals surface area contributed by atoms with Crippen LogP contribution < -0.4 is 5.73 Å². The maximum Gasteiger partial charge on any atom is 0.0931 e. The smallest absolute Gasteiger partial charge is 0.0931 e. The highest BCUT2D eigenvalue weighted by Crippen LogP contribution is 2.29. The van der Waals surface area contributed by atoms with Gasteiger partial charge in [0.25, 0.3) is 0 Å². The highest BCUT2D eigenvalue weighted by atomic mass is 14.7. The zero-order valence-electron chi connectivity index (χ0n) is 11.3. The number of hydrogen-bond acceptors (Lipinski definition) is 2. The van der Waals surface area contributed by atoms with Crippen LogP contribution in [0.4, 0.5) is 5.69 Å². The topological polar surface area (TPSA) is 38.9 Å². The van der Waals surface area contributed by atoms with Crippen molar-refractivity contribution in [3.05, 3.63) is 48.2 Å². The first-order valence-electron chi connectivity index (χ1n) is 6.36. The Morgan fingerprint density at radius 2 is 1.78 bits per heavy atom. The van der Waals surface area contributed by atoms with Gasteiger partial charge in [0, 0.05) is 11.8 Å². The summed E-state index contributed by atoms with van der Waals surface area (Å²) in [5.74, 6) is 0. The second-order valence-electron chi connectivity index (χ2n) is 5.26. The van der Waals surface area contributed by atoms with E-state index in [0.29, 0.717) is 0 Å². The van der Waals surface area contributed by atoms with Crippen LogP contribution in [-0.4, -0.2) is 4.98 Å². The van der Waals surface area contributed by atoms with Crippen molar-refractivity contribution in [1.82, 2.24) is 4.98 Å².